The van der Waals surface area contributed by atoms with Gasteiger partial charge in [0.15, 0.2) is 0 Å². The van der Waals surface area contributed by atoms with Gasteiger partial charge in [-0.05, 0) is 12.5 Å². The number of imidazole rings is 1. The average molecular weight is 208 g/mol. The molecule has 0 unspecified atom stereocenters. The molecule has 2 heterocycles. The number of aromatic nitrogens is 2. The number of nitrogens with one attached hydrogen (secondary N) is 3. The van der Waals surface area contributed by atoms with Crippen LogP contribution in [0.5, 0.6) is 0 Å². The van der Waals surface area contributed by atoms with Crippen LogP contribution in [0.2, 0.25) is 0 Å². The molecule has 0 bridgehead atoms. The van der Waals surface area contributed by atoms with Crippen LogP contribution in [-0.4, -0.2) is 29.0 Å². The summed E-state index contributed by atoms with van der Waals surface area (Å²) in [5.74, 6) is 1.42. The largest absolute Gasteiger partial charge is 0.349 e. The van der Waals surface area contributed by atoms with Gasteiger partial charge in [-0.25, -0.2) is 4.98 Å². The second-order valence-corrected chi connectivity index (χ2v) is 4.00. The lowest BCUT2D eigenvalue weighted by atomic mass is 9.97. The molecule has 5 heteroatoms. The Kier molecular flexibility index (Phi) is 3.01. The Bertz CT molecular complexity index is 322. The van der Waals surface area contributed by atoms with Crippen LogP contribution in [0.15, 0.2) is 12.4 Å². The predicted molar refractivity (Wildman–Crippen MR) is 56.0 cm³/mol. The number of amides is 1. The molecule has 0 aliphatic carbocycles. The van der Waals surface area contributed by atoms with Gasteiger partial charge >= 0.3 is 0 Å². The monoisotopic (exact) mass is 208 g/mol. The Morgan fingerprint density at radius 1 is 1.67 bits per heavy atom. The number of carbonyl (C=O) groups excluding carboxylic acids is 1. The van der Waals surface area contributed by atoms with Crippen molar-refractivity contribution >= 4 is 5.91 Å². The summed E-state index contributed by atoms with van der Waals surface area (Å²) in [6.07, 6.45) is 3.43. The van der Waals surface area contributed by atoms with E-state index in [1.54, 1.807) is 12.4 Å². The lowest BCUT2D eigenvalue weighted by Crippen LogP contribution is -2.34. The van der Waals surface area contributed by atoms with E-state index in [-0.39, 0.29) is 11.8 Å². The third-order valence-electron chi connectivity index (χ3n) is 2.84. The fourth-order valence-electron chi connectivity index (χ4n) is 1.86. The van der Waals surface area contributed by atoms with Crippen molar-refractivity contribution < 1.29 is 4.79 Å². The number of hydrogen-bond acceptors (Lipinski definition) is 3. The van der Waals surface area contributed by atoms with Gasteiger partial charge in [0.05, 0.1) is 12.5 Å². The standard InChI is InChI=1S/C10H16N4O/c1-7-4-11-5-8(7)10(15)14-6-9-12-2-3-13-9/h2-3,7-8,11H,4-6H2,1H3,(H,12,13)(H,14,15)/t7-,8-/m1/s1. The van der Waals surface area contributed by atoms with Crippen molar-refractivity contribution in [3.63, 3.8) is 0 Å². The van der Waals surface area contributed by atoms with E-state index in [1.807, 2.05) is 0 Å². The number of rotatable bonds is 3. The summed E-state index contributed by atoms with van der Waals surface area (Å²) < 4.78 is 0. The van der Waals surface area contributed by atoms with E-state index >= 15 is 0 Å². The minimum atomic E-state index is 0.0972. The quantitative estimate of drug-likeness (QED) is 0.648. The molecule has 2 atom stereocenters. The van der Waals surface area contributed by atoms with Gasteiger partial charge in [-0.2, -0.15) is 0 Å². The molecule has 5 nitrogen and oxygen atoms in total. The topological polar surface area (TPSA) is 69.8 Å². The molecule has 0 saturated carbocycles. The number of H-pyrrole nitrogens is 1. The molecule has 2 rings (SSSR count). The first-order valence-corrected chi connectivity index (χ1v) is 5.24. The van der Waals surface area contributed by atoms with Gasteiger partial charge < -0.3 is 15.6 Å². The summed E-state index contributed by atoms with van der Waals surface area (Å²) in [6, 6.07) is 0. The molecule has 1 amide bonds. The third-order valence-corrected chi connectivity index (χ3v) is 2.84. The maximum absolute atomic E-state index is 11.8. The molecule has 0 spiro atoms. The minimum Gasteiger partial charge on any atom is -0.349 e. The predicted octanol–water partition coefficient (Wildman–Crippen LogP) is -0.119. The molecular weight excluding hydrogens is 192 g/mol. The highest BCUT2D eigenvalue weighted by atomic mass is 16.1. The zero-order chi connectivity index (χ0) is 10.7. The minimum absolute atomic E-state index is 0.0972. The van der Waals surface area contributed by atoms with E-state index in [4.69, 9.17) is 0 Å². The van der Waals surface area contributed by atoms with Crippen LogP contribution < -0.4 is 10.6 Å². The maximum Gasteiger partial charge on any atom is 0.225 e. The van der Waals surface area contributed by atoms with Crippen LogP contribution in [0, 0.1) is 11.8 Å². The van der Waals surface area contributed by atoms with Crippen LogP contribution in [0.25, 0.3) is 0 Å². The van der Waals surface area contributed by atoms with Crippen molar-refractivity contribution in [2.75, 3.05) is 13.1 Å². The average Bonchev–Trinajstić information content (AvgIpc) is 2.84. The highest BCUT2D eigenvalue weighted by Crippen LogP contribution is 2.15. The lowest BCUT2D eigenvalue weighted by molar-refractivity contribution is -0.125. The molecule has 82 valence electrons. The van der Waals surface area contributed by atoms with Crippen LogP contribution >= 0.6 is 0 Å². The summed E-state index contributed by atoms with van der Waals surface area (Å²) in [4.78, 5) is 18.8. The number of aromatic amines is 1. The van der Waals surface area contributed by atoms with E-state index in [1.165, 1.54) is 0 Å². The maximum atomic E-state index is 11.8. The van der Waals surface area contributed by atoms with E-state index in [0.717, 1.165) is 18.9 Å². The molecule has 1 fully saturated rings. The zero-order valence-electron chi connectivity index (χ0n) is 8.79. The Hall–Kier alpha value is -1.36. The molecule has 1 aromatic rings. The first kappa shape index (κ1) is 10.2. The van der Waals surface area contributed by atoms with Crippen molar-refractivity contribution in [2.45, 2.75) is 13.5 Å². The summed E-state index contributed by atoms with van der Waals surface area (Å²) >= 11 is 0. The summed E-state index contributed by atoms with van der Waals surface area (Å²) in [6.45, 7) is 4.29. The lowest BCUT2D eigenvalue weighted by Gasteiger charge is -2.13. The Morgan fingerprint density at radius 2 is 2.53 bits per heavy atom. The Morgan fingerprint density at radius 3 is 3.13 bits per heavy atom. The van der Waals surface area contributed by atoms with E-state index in [2.05, 4.69) is 27.5 Å². The number of carbonyl (C=O) groups is 1. The SMILES string of the molecule is C[C@@H]1CNC[C@H]1C(=O)NCc1ncc[nH]1. The van der Waals surface area contributed by atoms with Crippen molar-refractivity contribution in [2.24, 2.45) is 11.8 Å². The van der Waals surface area contributed by atoms with E-state index in [9.17, 15) is 4.79 Å². The molecule has 15 heavy (non-hydrogen) atoms. The molecule has 1 aromatic heterocycles. The second-order valence-electron chi connectivity index (χ2n) is 4.00. The van der Waals surface area contributed by atoms with Crippen LogP contribution in [0.3, 0.4) is 0 Å². The van der Waals surface area contributed by atoms with Gasteiger partial charge in [-0.1, -0.05) is 6.92 Å². The molecule has 1 saturated heterocycles. The summed E-state index contributed by atoms with van der Waals surface area (Å²) in [5, 5.41) is 6.10. The van der Waals surface area contributed by atoms with Gasteiger partial charge in [0.2, 0.25) is 5.91 Å². The van der Waals surface area contributed by atoms with Crippen molar-refractivity contribution in [1.29, 1.82) is 0 Å². The van der Waals surface area contributed by atoms with Gasteiger partial charge in [0, 0.05) is 18.9 Å². The molecule has 0 radical (unpaired) electrons. The molecular formula is C10H16N4O. The van der Waals surface area contributed by atoms with Crippen molar-refractivity contribution in [3.8, 4) is 0 Å². The van der Waals surface area contributed by atoms with Gasteiger partial charge in [-0.15, -0.1) is 0 Å². The third kappa shape index (κ3) is 2.36. The number of hydrogen-bond donors (Lipinski definition) is 3. The van der Waals surface area contributed by atoms with Gasteiger partial charge in [-0.3, -0.25) is 4.79 Å². The van der Waals surface area contributed by atoms with Crippen LogP contribution in [0.4, 0.5) is 0 Å². The Balaban J connectivity index is 1.82. The van der Waals surface area contributed by atoms with Crippen molar-refractivity contribution in [1.82, 2.24) is 20.6 Å². The molecule has 0 aromatic carbocycles. The fourth-order valence-corrected chi connectivity index (χ4v) is 1.86. The fraction of sp³-hybridized carbons (Fsp3) is 0.600. The molecule has 1 aliphatic heterocycles. The van der Waals surface area contributed by atoms with E-state index < -0.39 is 0 Å². The van der Waals surface area contributed by atoms with Gasteiger partial charge in [0.25, 0.3) is 0 Å². The number of nitrogens with zero attached hydrogens (tertiary/aromatic N) is 1. The highest BCUT2D eigenvalue weighted by molar-refractivity contribution is 5.79. The summed E-state index contributed by atoms with van der Waals surface area (Å²) in [5.41, 5.74) is 0. The second kappa shape index (κ2) is 4.44. The van der Waals surface area contributed by atoms with Crippen LogP contribution in [-0.2, 0) is 11.3 Å². The normalized spacial score (nSPS) is 25.4. The molecule has 1 aliphatic rings. The van der Waals surface area contributed by atoms with E-state index in [0.29, 0.717) is 12.5 Å². The highest BCUT2D eigenvalue weighted by Gasteiger charge is 2.29. The summed E-state index contributed by atoms with van der Waals surface area (Å²) in [7, 11) is 0. The van der Waals surface area contributed by atoms with Crippen LogP contribution in [0.1, 0.15) is 12.7 Å². The molecule has 3 N–H and O–H groups in total. The zero-order valence-corrected chi connectivity index (χ0v) is 8.79. The Labute approximate surface area is 88.7 Å². The van der Waals surface area contributed by atoms with Crippen molar-refractivity contribution in [3.05, 3.63) is 18.2 Å². The first-order valence-electron chi connectivity index (χ1n) is 5.24. The smallest absolute Gasteiger partial charge is 0.225 e. The first-order chi connectivity index (χ1) is 7.27. The van der Waals surface area contributed by atoms with Gasteiger partial charge in [0.1, 0.15) is 5.82 Å².